The fourth-order valence-electron chi connectivity index (χ4n) is 2.22. The van der Waals surface area contributed by atoms with Crippen LogP contribution < -0.4 is 14.8 Å². The minimum absolute atomic E-state index is 0.175. The second-order valence-electron chi connectivity index (χ2n) is 5.96. The van der Waals surface area contributed by atoms with Crippen molar-refractivity contribution < 1.29 is 17.9 Å². The third-order valence-corrected chi connectivity index (χ3v) is 4.99. The zero-order chi connectivity index (χ0) is 19.9. The number of carbonyl (C=O) groups excluding carboxylic acids is 1. The maximum absolute atomic E-state index is 12.1. The Morgan fingerprint density at radius 1 is 1.22 bits per heavy atom. The van der Waals surface area contributed by atoms with Crippen molar-refractivity contribution in [2.24, 2.45) is 0 Å². The Bertz CT molecular complexity index is 907. The molecule has 0 atom stereocenters. The first-order chi connectivity index (χ1) is 12.8. The molecular weight excluding hydrogens is 366 g/mol. The van der Waals surface area contributed by atoms with Crippen LogP contribution in [0, 0.1) is 0 Å². The first kappa shape index (κ1) is 20.6. The molecule has 0 aliphatic rings. The Labute approximate surface area is 159 Å². The van der Waals surface area contributed by atoms with E-state index in [2.05, 4.69) is 15.0 Å². The maximum atomic E-state index is 12.1. The summed E-state index contributed by atoms with van der Waals surface area (Å²) in [5, 5.41) is 2.70. The monoisotopic (exact) mass is 389 g/mol. The number of rotatable bonds is 8. The van der Waals surface area contributed by atoms with Gasteiger partial charge in [-0.2, -0.15) is 0 Å². The van der Waals surface area contributed by atoms with E-state index in [9.17, 15) is 13.2 Å². The summed E-state index contributed by atoms with van der Waals surface area (Å²) in [5.74, 6) is 0.0103. The number of anilines is 1. The van der Waals surface area contributed by atoms with Gasteiger partial charge in [-0.25, -0.2) is 18.1 Å². The summed E-state index contributed by atoms with van der Waals surface area (Å²) in [6.45, 7) is 5.79. The van der Waals surface area contributed by atoms with Crippen LogP contribution in [0.3, 0.4) is 0 Å². The van der Waals surface area contributed by atoms with Gasteiger partial charge in [0.15, 0.2) is 0 Å². The quantitative estimate of drug-likeness (QED) is 0.677. The summed E-state index contributed by atoms with van der Waals surface area (Å²) in [6.07, 6.45) is 4.54. The molecule has 0 saturated heterocycles. The summed E-state index contributed by atoms with van der Waals surface area (Å²) >= 11 is 0. The third-order valence-electron chi connectivity index (χ3n) is 3.32. The average molecular weight is 389 g/mol. The standard InChI is InChI=1S/C19H23N3O4S/c1-4-26-19-17(6-5-13-20-19)21-18(23)12-9-15-7-10-16(11-8-15)27(24,25)22-14(2)3/h5-14,22H,4H2,1-3H3,(H,21,23)/b12-9+. The second-order valence-corrected chi connectivity index (χ2v) is 7.67. The van der Waals surface area contributed by atoms with Crippen molar-refractivity contribution in [2.45, 2.75) is 31.7 Å². The van der Waals surface area contributed by atoms with Gasteiger partial charge in [-0.05, 0) is 56.7 Å². The SMILES string of the molecule is CCOc1ncccc1NC(=O)/C=C/c1ccc(S(=O)(=O)NC(C)C)cc1. The number of aromatic nitrogens is 1. The summed E-state index contributed by atoms with van der Waals surface area (Å²) < 4.78 is 32.1. The van der Waals surface area contributed by atoms with Crippen LogP contribution in [0.15, 0.2) is 53.6 Å². The van der Waals surface area contributed by atoms with E-state index in [1.807, 2.05) is 6.92 Å². The fraction of sp³-hybridized carbons (Fsp3) is 0.263. The van der Waals surface area contributed by atoms with Gasteiger partial charge in [-0.3, -0.25) is 4.79 Å². The number of benzene rings is 1. The largest absolute Gasteiger partial charge is 0.476 e. The van der Waals surface area contributed by atoms with Gasteiger partial charge in [0.1, 0.15) is 5.69 Å². The highest BCUT2D eigenvalue weighted by atomic mass is 32.2. The van der Waals surface area contributed by atoms with E-state index in [1.54, 1.807) is 50.4 Å². The molecule has 0 unspecified atom stereocenters. The van der Waals surface area contributed by atoms with Gasteiger partial charge < -0.3 is 10.1 Å². The van der Waals surface area contributed by atoms with E-state index in [0.717, 1.165) is 0 Å². The highest BCUT2D eigenvalue weighted by Gasteiger charge is 2.14. The van der Waals surface area contributed by atoms with E-state index >= 15 is 0 Å². The lowest BCUT2D eigenvalue weighted by Crippen LogP contribution is -2.30. The van der Waals surface area contributed by atoms with Gasteiger partial charge in [0.25, 0.3) is 0 Å². The van der Waals surface area contributed by atoms with Gasteiger partial charge in [0, 0.05) is 18.3 Å². The number of sulfonamides is 1. The number of ether oxygens (including phenoxy) is 1. The van der Waals surface area contributed by atoms with Gasteiger partial charge in [-0.15, -0.1) is 0 Å². The van der Waals surface area contributed by atoms with Crippen LogP contribution in [0.4, 0.5) is 5.69 Å². The lowest BCUT2D eigenvalue weighted by Gasteiger charge is -2.09. The van der Waals surface area contributed by atoms with Crippen LogP contribution >= 0.6 is 0 Å². The van der Waals surface area contributed by atoms with Crippen molar-refractivity contribution in [2.75, 3.05) is 11.9 Å². The second kappa shape index (κ2) is 9.29. The van der Waals surface area contributed by atoms with E-state index in [0.29, 0.717) is 23.7 Å². The molecule has 1 heterocycles. The van der Waals surface area contributed by atoms with E-state index in [-0.39, 0.29) is 16.8 Å². The molecule has 0 spiro atoms. The first-order valence-electron chi connectivity index (χ1n) is 8.51. The number of hydrogen-bond donors (Lipinski definition) is 2. The number of pyridine rings is 1. The molecule has 1 aromatic heterocycles. The molecule has 8 heteroatoms. The van der Waals surface area contributed by atoms with Crippen LogP contribution in [0.25, 0.3) is 6.08 Å². The van der Waals surface area contributed by atoms with Crippen molar-refractivity contribution in [1.82, 2.24) is 9.71 Å². The molecule has 2 aromatic rings. The predicted molar refractivity (Wildman–Crippen MR) is 105 cm³/mol. The van der Waals surface area contributed by atoms with Crippen LogP contribution in [-0.4, -0.2) is 32.0 Å². The summed E-state index contributed by atoms with van der Waals surface area (Å²) in [7, 11) is -3.53. The fourth-order valence-corrected chi connectivity index (χ4v) is 3.47. The molecule has 0 fully saturated rings. The zero-order valence-electron chi connectivity index (χ0n) is 15.5. The van der Waals surface area contributed by atoms with Crippen LogP contribution in [-0.2, 0) is 14.8 Å². The Balaban J connectivity index is 2.05. The lowest BCUT2D eigenvalue weighted by atomic mass is 10.2. The van der Waals surface area contributed by atoms with Gasteiger partial charge >= 0.3 is 0 Å². The Hall–Kier alpha value is -2.71. The van der Waals surface area contributed by atoms with Crippen LogP contribution in [0.1, 0.15) is 26.3 Å². The van der Waals surface area contributed by atoms with Crippen molar-refractivity contribution in [1.29, 1.82) is 0 Å². The van der Waals surface area contributed by atoms with Gasteiger partial charge in [-0.1, -0.05) is 12.1 Å². The molecule has 2 N–H and O–H groups in total. The van der Waals surface area contributed by atoms with Crippen molar-refractivity contribution in [3.8, 4) is 5.88 Å². The number of nitrogens with zero attached hydrogens (tertiary/aromatic N) is 1. The van der Waals surface area contributed by atoms with Gasteiger partial charge in [0.2, 0.25) is 21.8 Å². The molecule has 0 aliphatic heterocycles. The molecule has 7 nitrogen and oxygen atoms in total. The molecule has 0 aliphatic carbocycles. The minimum atomic E-state index is -3.53. The number of hydrogen-bond acceptors (Lipinski definition) is 5. The molecule has 144 valence electrons. The number of nitrogens with one attached hydrogen (secondary N) is 2. The number of amides is 1. The highest BCUT2D eigenvalue weighted by Crippen LogP contribution is 2.20. The van der Waals surface area contributed by atoms with E-state index in [4.69, 9.17) is 4.74 Å². The summed E-state index contributed by atoms with van der Waals surface area (Å²) in [4.78, 5) is 16.3. The van der Waals surface area contributed by atoms with Crippen LogP contribution in [0.2, 0.25) is 0 Å². The molecular formula is C19H23N3O4S. The number of carbonyl (C=O) groups is 1. The lowest BCUT2D eigenvalue weighted by molar-refractivity contribution is -0.111. The molecule has 1 amide bonds. The maximum Gasteiger partial charge on any atom is 0.248 e. The van der Waals surface area contributed by atoms with Crippen molar-refractivity contribution >= 4 is 27.7 Å². The molecule has 2 rings (SSSR count). The highest BCUT2D eigenvalue weighted by molar-refractivity contribution is 7.89. The molecule has 27 heavy (non-hydrogen) atoms. The predicted octanol–water partition coefficient (Wildman–Crippen LogP) is 2.82. The normalized spacial score (nSPS) is 11.7. The van der Waals surface area contributed by atoms with Gasteiger partial charge in [0.05, 0.1) is 11.5 Å². The molecule has 1 aromatic carbocycles. The first-order valence-corrected chi connectivity index (χ1v) is 9.99. The van der Waals surface area contributed by atoms with Crippen molar-refractivity contribution in [3.05, 3.63) is 54.2 Å². The Kier molecular flexibility index (Phi) is 7.09. The van der Waals surface area contributed by atoms with E-state index < -0.39 is 10.0 Å². The smallest absolute Gasteiger partial charge is 0.248 e. The topological polar surface area (TPSA) is 97.4 Å². The minimum Gasteiger partial charge on any atom is -0.476 e. The Morgan fingerprint density at radius 3 is 2.56 bits per heavy atom. The molecule has 0 radical (unpaired) electrons. The zero-order valence-corrected chi connectivity index (χ0v) is 16.3. The molecule has 0 saturated carbocycles. The summed E-state index contributed by atoms with van der Waals surface area (Å²) in [5.41, 5.74) is 1.18. The van der Waals surface area contributed by atoms with Crippen LogP contribution in [0.5, 0.6) is 5.88 Å². The summed E-state index contributed by atoms with van der Waals surface area (Å²) in [6, 6.07) is 9.47. The Morgan fingerprint density at radius 2 is 1.93 bits per heavy atom. The van der Waals surface area contributed by atoms with E-state index in [1.165, 1.54) is 18.2 Å². The average Bonchev–Trinajstić information content (AvgIpc) is 2.61. The third kappa shape index (κ3) is 6.19. The van der Waals surface area contributed by atoms with Crippen molar-refractivity contribution in [3.63, 3.8) is 0 Å². The molecule has 0 bridgehead atoms.